The van der Waals surface area contributed by atoms with Crippen molar-refractivity contribution in [3.05, 3.63) is 58.6 Å². The predicted molar refractivity (Wildman–Crippen MR) is 108 cm³/mol. The maximum absolute atomic E-state index is 14.0. The highest BCUT2D eigenvalue weighted by Gasteiger charge is 2.44. The third kappa shape index (κ3) is 4.30. The van der Waals surface area contributed by atoms with Gasteiger partial charge in [-0.2, -0.15) is 13.2 Å². The van der Waals surface area contributed by atoms with Crippen molar-refractivity contribution in [2.24, 2.45) is 0 Å². The van der Waals surface area contributed by atoms with E-state index in [2.05, 4.69) is 10.3 Å². The van der Waals surface area contributed by atoms with Crippen LogP contribution in [0.3, 0.4) is 0 Å². The number of aromatic nitrogens is 1. The van der Waals surface area contributed by atoms with Crippen LogP contribution in [0.4, 0.5) is 18.9 Å². The number of halogens is 3. The maximum Gasteiger partial charge on any atom is 0.418 e. The van der Waals surface area contributed by atoms with Crippen molar-refractivity contribution in [1.29, 1.82) is 0 Å². The number of aliphatic hydroxyl groups is 4. The van der Waals surface area contributed by atoms with E-state index in [1.54, 1.807) is 0 Å². The summed E-state index contributed by atoms with van der Waals surface area (Å²) in [4.78, 5) is 16.4. The van der Waals surface area contributed by atoms with E-state index in [1.807, 2.05) is 0 Å². The molecule has 5 N–H and O–H groups in total. The number of anilines is 1. The fourth-order valence-corrected chi connectivity index (χ4v) is 3.77. The Morgan fingerprint density at radius 1 is 1.09 bits per heavy atom. The van der Waals surface area contributed by atoms with Crippen LogP contribution in [-0.2, 0) is 10.9 Å². The summed E-state index contributed by atoms with van der Waals surface area (Å²) >= 11 is 0. The van der Waals surface area contributed by atoms with Gasteiger partial charge in [0.05, 0.1) is 23.4 Å². The first-order valence-corrected chi connectivity index (χ1v) is 9.78. The Balaban J connectivity index is 1.77. The Morgan fingerprint density at radius 3 is 2.48 bits per heavy atom. The van der Waals surface area contributed by atoms with E-state index in [0.29, 0.717) is 0 Å². The average molecular weight is 468 g/mol. The first kappa shape index (κ1) is 23.1. The molecule has 3 unspecified atom stereocenters. The van der Waals surface area contributed by atoms with Crippen molar-refractivity contribution in [2.45, 2.75) is 36.8 Å². The van der Waals surface area contributed by atoms with Gasteiger partial charge in [0.15, 0.2) is 6.29 Å². The molecule has 0 radical (unpaired) electrons. The van der Waals surface area contributed by atoms with Crippen molar-refractivity contribution >= 4 is 16.7 Å². The number of nitrogens with zero attached hydrogens (tertiary/aromatic N) is 1. The van der Waals surface area contributed by atoms with Gasteiger partial charge in [0.2, 0.25) is 0 Å². The van der Waals surface area contributed by atoms with Crippen molar-refractivity contribution < 1.29 is 42.8 Å². The van der Waals surface area contributed by atoms with Crippen LogP contribution in [0, 0.1) is 0 Å². The number of hydrogen-bond donors (Lipinski definition) is 5. The van der Waals surface area contributed by atoms with Gasteiger partial charge in [-0.3, -0.25) is 4.98 Å². The molecule has 9 nitrogen and oxygen atoms in total. The van der Waals surface area contributed by atoms with Gasteiger partial charge < -0.3 is 34.9 Å². The Bertz CT molecular complexity index is 1200. The molecule has 1 saturated heterocycles. The number of aliphatic hydroxyl groups excluding tert-OH is 4. The first-order valence-electron chi connectivity index (χ1n) is 9.78. The minimum atomic E-state index is -4.90. The first-order chi connectivity index (χ1) is 15.6. The lowest BCUT2D eigenvalue weighted by atomic mass is 9.96. The highest BCUT2D eigenvalue weighted by Crippen LogP contribution is 2.40. The van der Waals surface area contributed by atoms with Crippen molar-refractivity contribution in [3.8, 4) is 11.3 Å². The number of benzene rings is 1. The van der Waals surface area contributed by atoms with Gasteiger partial charge in [0, 0.05) is 23.3 Å². The van der Waals surface area contributed by atoms with Gasteiger partial charge in [-0.15, -0.1) is 0 Å². The van der Waals surface area contributed by atoms with E-state index >= 15 is 0 Å². The van der Waals surface area contributed by atoms with Crippen LogP contribution in [0.15, 0.2) is 51.8 Å². The Morgan fingerprint density at radius 2 is 1.85 bits per heavy atom. The summed E-state index contributed by atoms with van der Waals surface area (Å²) in [5.41, 5.74) is -3.69. The second-order valence-electron chi connectivity index (χ2n) is 7.46. The third-order valence-corrected chi connectivity index (χ3v) is 5.35. The monoisotopic (exact) mass is 468 g/mol. The summed E-state index contributed by atoms with van der Waals surface area (Å²) in [6.07, 6.45) is -9.63. The SMILES string of the molecule is O=c1oc2cc(NC3C(O)OC(CO)[C@@H](O)[C@@H]3O)ccc2c(C(F)(F)F)c1-c1ccccn1. The lowest BCUT2D eigenvalue weighted by Crippen LogP contribution is -2.61. The van der Waals surface area contributed by atoms with Crippen molar-refractivity contribution in [3.63, 3.8) is 0 Å². The molecule has 1 aliphatic heterocycles. The molecule has 0 aliphatic carbocycles. The minimum Gasteiger partial charge on any atom is -0.422 e. The number of ether oxygens (including phenoxy) is 1. The molecular weight excluding hydrogens is 449 g/mol. The van der Waals surface area contributed by atoms with Crippen LogP contribution in [0.25, 0.3) is 22.2 Å². The number of rotatable bonds is 4. The molecule has 1 aliphatic rings. The number of nitrogens with one attached hydrogen (secondary N) is 1. The molecule has 0 saturated carbocycles. The Labute approximate surface area is 183 Å². The van der Waals surface area contributed by atoms with E-state index in [-0.39, 0.29) is 11.4 Å². The minimum absolute atomic E-state index is 0.0747. The number of hydrogen-bond acceptors (Lipinski definition) is 9. The predicted octanol–water partition coefficient (Wildman–Crippen LogP) is 1.09. The third-order valence-electron chi connectivity index (χ3n) is 5.35. The number of pyridine rings is 1. The summed E-state index contributed by atoms with van der Waals surface area (Å²) in [5.74, 6) is 0. The summed E-state index contributed by atoms with van der Waals surface area (Å²) in [7, 11) is 0. The smallest absolute Gasteiger partial charge is 0.418 e. The number of fused-ring (bicyclic) bond motifs is 1. The van der Waals surface area contributed by atoms with Crippen molar-refractivity contribution in [1.82, 2.24) is 4.98 Å². The zero-order valence-corrected chi connectivity index (χ0v) is 16.7. The molecule has 4 rings (SSSR count). The molecule has 33 heavy (non-hydrogen) atoms. The fourth-order valence-electron chi connectivity index (χ4n) is 3.77. The van der Waals surface area contributed by atoms with Crippen LogP contribution in [0.5, 0.6) is 0 Å². The highest BCUT2D eigenvalue weighted by molar-refractivity contribution is 5.89. The van der Waals surface area contributed by atoms with Crippen LogP contribution >= 0.6 is 0 Å². The van der Waals surface area contributed by atoms with E-state index in [0.717, 1.165) is 12.1 Å². The normalized spacial score (nSPS) is 25.8. The molecule has 176 valence electrons. The van der Waals surface area contributed by atoms with E-state index in [1.165, 1.54) is 30.5 Å². The largest absolute Gasteiger partial charge is 0.422 e. The standard InChI is InChI=1S/C21H19F3N2O7/c22-21(23,24)15-10-5-4-9(26-16-18(29)17(28)13(8-27)33-20(16)31)7-12(10)32-19(30)14(15)11-3-1-2-6-25-11/h1-7,13,16-18,20,26-29,31H,8H2/t13?,16?,17-,18-,20?/m1/s1. The van der Waals surface area contributed by atoms with Gasteiger partial charge >= 0.3 is 11.8 Å². The van der Waals surface area contributed by atoms with Crippen LogP contribution in [0.2, 0.25) is 0 Å². The quantitative estimate of drug-likeness (QED) is 0.355. The van der Waals surface area contributed by atoms with E-state index < -0.39 is 71.1 Å². The molecule has 3 aromatic rings. The average Bonchev–Trinajstić information content (AvgIpc) is 2.78. The second-order valence-corrected chi connectivity index (χ2v) is 7.46. The second kappa shape index (κ2) is 8.72. The van der Waals surface area contributed by atoms with Gasteiger partial charge in [-0.1, -0.05) is 6.07 Å². The van der Waals surface area contributed by atoms with Crippen LogP contribution in [0.1, 0.15) is 5.56 Å². The molecule has 2 aromatic heterocycles. The van der Waals surface area contributed by atoms with Crippen molar-refractivity contribution in [2.75, 3.05) is 11.9 Å². The molecule has 1 fully saturated rings. The maximum atomic E-state index is 14.0. The summed E-state index contributed by atoms with van der Waals surface area (Å²) in [5, 5.41) is 41.7. The topological polar surface area (TPSA) is 145 Å². The van der Waals surface area contributed by atoms with E-state index in [9.17, 15) is 33.3 Å². The fraction of sp³-hybridized carbons (Fsp3) is 0.333. The Hall–Kier alpha value is -3.03. The molecule has 3 heterocycles. The van der Waals surface area contributed by atoms with Gasteiger partial charge in [0.1, 0.15) is 29.9 Å². The summed E-state index contributed by atoms with van der Waals surface area (Å²) in [6.45, 7) is -0.651. The lowest BCUT2D eigenvalue weighted by Gasteiger charge is -2.40. The van der Waals surface area contributed by atoms with E-state index in [4.69, 9.17) is 14.3 Å². The summed E-state index contributed by atoms with van der Waals surface area (Å²) in [6, 6.07) is 6.31. The van der Waals surface area contributed by atoms with Crippen LogP contribution in [-0.4, -0.2) is 62.7 Å². The van der Waals surface area contributed by atoms with Gasteiger partial charge in [-0.05, 0) is 24.3 Å². The molecule has 0 amide bonds. The Kier molecular flexibility index (Phi) is 6.12. The molecule has 5 atom stereocenters. The van der Waals surface area contributed by atoms with Gasteiger partial charge in [-0.25, -0.2) is 4.79 Å². The molecule has 1 aromatic carbocycles. The zero-order valence-electron chi connectivity index (χ0n) is 16.7. The molecular formula is C21H19F3N2O7. The molecule has 0 spiro atoms. The summed E-state index contributed by atoms with van der Waals surface area (Å²) < 4.78 is 52.1. The number of alkyl halides is 3. The highest BCUT2D eigenvalue weighted by atomic mass is 19.4. The molecule has 0 bridgehead atoms. The van der Waals surface area contributed by atoms with Gasteiger partial charge in [0.25, 0.3) is 0 Å². The zero-order chi connectivity index (χ0) is 23.9. The van der Waals surface area contributed by atoms with Crippen LogP contribution < -0.4 is 10.9 Å². The molecule has 12 heteroatoms. The lowest BCUT2D eigenvalue weighted by molar-refractivity contribution is -0.245.